The molecule has 0 saturated carbocycles. The van der Waals surface area contributed by atoms with E-state index in [4.69, 9.17) is 4.74 Å². The van der Waals surface area contributed by atoms with Gasteiger partial charge in [-0.2, -0.15) is 13.2 Å². The summed E-state index contributed by atoms with van der Waals surface area (Å²) in [6.07, 6.45) is -4.23. The summed E-state index contributed by atoms with van der Waals surface area (Å²) in [6, 6.07) is 5.16. The molecule has 0 aromatic heterocycles. The molecule has 96 valence electrons. The molecule has 0 bridgehead atoms. The van der Waals surface area contributed by atoms with Gasteiger partial charge in [-0.15, -0.1) is 0 Å². The Kier molecular flexibility index (Phi) is 4.26. The molecule has 0 unspecified atom stereocenters. The van der Waals surface area contributed by atoms with Crippen molar-refractivity contribution >= 4 is 5.69 Å². The van der Waals surface area contributed by atoms with Crippen LogP contribution in [-0.2, 0) is 0 Å². The van der Waals surface area contributed by atoms with Crippen LogP contribution < -0.4 is 10.1 Å². The highest BCUT2D eigenvalue weighted by molar-refractivity contribution is 5.58. The first-order valence-corrected chi connectivity index (χ1v) is 5.32. The van der Waals surface area contributed by atoms with Gasteiger partial charge in [0, 0.05) is 0 Å². The molecule has 0 fully saturated rings. The van der Waals surface area contributed by atoms with Crippen molar-refractivity contribution in [3.8, 4) is 5.75 Å². The van der Waals surface area contributed by atoms with Crippen molar-refractivity contribution in [3.05, 3.63) is 23.8 Å². The number of alkyl halides is 3. The standard InChI is InChI=1S/C12H16F3NO/c1-8(2)9-4-5-10(11(6-9)17-3)16-7-12(13,14)15/h4-6,8,16H,7H2,1-3H3. The number of anilines is 1. The maximum atomic E-state index is 12.1. The van der Waals surface area contributed by atoms with Gasteiger partial charge < -0.3 is 10.1 Å². The SMILES string of the molecule is COc1cc(C(C)C)ccc1NCC(F)(F)F. The van der Waals surface area contributed by atoms with Crippen LogP contribution in [-0.4, -0.2) is 19.8 Å². The second kappa shape index (κ2) is 5.29. The highest BCUT2D eigenvalue weighted by atomic mass is 19.4. The summed E-state index contributed by atoms with van der Waals surface area (Å²) < 4.78 is 41.3. The van der Waals surface area contributed by atoms with E-state index in [9.17, 15) is 13.2 Å². The summed E-state index contributed by atoms with van der Waals surface area (Å²) in [5.41, 5.74) is 1.38. The molecule has 0 radical (unpaired) electrons. The minimum Gasteiger partial charge on any atom is -0.495 e. The van der Waals surface area contributed by atoms with E-state index in [0.717, 1.165) is 5.56 Å². The van der Waals surface area contributed by atoms with E-state index >= 15 is 0 Å². The summed E-state index contributed by atoms with van der Waals surface area (Å²) in [7, 11) is 1.44. The lowest BCUT2D eigenvalue weighted by Crippen LogP contribution is -2.21. The molecular formula is C12H16F3NO. The van der Waals surface area contributed by atoms with Crippen LogP contribution >= 0.6 is 0 Å². The normalized spacial score (nSPS) is 11.7. The van der Waals surface area contributed by atoms with Gasteiger partial charge in [-0.1, -0.05) is 19.9 Å². The van der Waals surface area contributed by atoms with Crippen LogP contribution in [0.1, 0.15) is 25.3 Å². The van der Waals surface area contributed by atoms with Crippen molar-refractivity contribution in [2.24, 2.45) is 0 Å². The second-order valence-corrected chi connectivity index (χ2v) is 4.08. The van der Waals surface area contributed by atoms with Crippen LogP contribution in [0, 0.1) is 0 Å². The number of methoxy groups -OCH3 is 1. The number of hydrogen-bond donors (Lipinski definition) is 1. The highest BCUT2D eigenvalue weighted by Crippen LogP contribution is 2.29. The van der Waals surface area contributed by atoms with Gasteiger partial charge in [0.2, 0.25) is 0 Å². The van der Waals surface area contributed by atoms with Gasteiger partial charge in [0.1, 0.15) is 12.3 Å². The molecule has 0 spiro atoms. The third-order valence-electron chi connectivity index (χ3n) is 2.37. The molecule has 2 nitrogen and oxygen atoms in total. The van der Waals surface area contributed by atoms with Gasteiger partial charge >= 0.3 is 6.18 Å². The lowest BCUT2D eigenvalue weighted by atomic mass is 10.0. The zero-order chi connectivity index (χ0) is 13.1. The Morgan fingerprint density at radius 2 is 1.94 bits per heavy atom. The van der Waals surface area contributed by atoms with E-state index in [0.29, 0.717) is 17.4 Å². The Bertz CT molecular complexity index is 375. The van der Waals surface area contributed by atoms with Crippen molar-refractivity contribution in [1.29, 1.82) is 0 Å². The Hall–Kier alpha value is -1.39. The predicted octanol–water partition coefficient (Wildman–Crippen LogP) is 3.79. The first-order chi connectivity index (χ1) is 7.83. The predicted molar refractivity (Wildman–Crippen MR) is 61.6 cm³/mol. The summed E-state index contributed by atoms with van der Waals surface area (Å²) in [5, 5.41) is 2.32. The number of nitrogens with one attached hydrogen (secondary N) is 1. The number of ether oxygens (including phenoxy) is 1. The number of hydrogen-bond acceptors (Lipinski definition) is 2. The topological polar surface area (TPSA) is 21.3 Å². The van der Waals surface area contributed by atoms with Gasteiger partial charge in [-0.3, -0.25) is 0 Å². The van der Waals surface area contributed by atoms with Crippen molar-refractivity contribution < 1.29 is 17.9 Å². The molecule has 0 saturated heterocycles. The number of rotatable bonds is 4. The fraction of sp³-hybridized carbons (Fsp3) is 0.500. The fourth-order valence-electron chi connectivity index (χ4n) is 1.41. The second-order valence-electron chi connectivity index (χ2n) is 4.08. The van der Waals surface area contributed by atoms with E-state index < -0.39 is 12.7 Å². The van der Waals surface area contributed by atoms with E-state index in [1.165, 1.54) is 7.11 Å². The lowest BCUT2D eigenvalue weighted by molar-refractivity contribution is -0.115. The maximum absolute atomic E-state index is 12.1. The minimum absolute atomic E-state index is 0.306. The zero-order valence-corrected chi connectivity index (χ0v) is 10.1. The molecule has 5 heteroatoms. The Morgan fingerprint density at radius 3 is 2.41 bits per heavy atom. The molecule has 0 aliphatic rings. The lowest BCUT2D eigenvalue weighted by Gasteiger charge is -2.15. The van der Waals surface area contributed by atoms with Crippen LogP contribution in [0.3, 0.4) is 0 Å². The monoisotopic (exact) mass is 247 g/mol. The van der Waals surface area contributed by atoms with E-state index in [-0.39, 0.29) is 0 Å². The summed E-state index contributed by atoms with van der Waals surface area (Å²) >= 11 is 0. The first kappa shape index (κ1) is 13.7. The van der Waals surface area contributed by atoms with Gasteiger partial charge in [0.15, 0.2) is 0 Å². The van der Waals surface area contributed by atoms with Crippen LogP contribution in [0.15, 0.2) is 18.2 Å². The smallest absolute Gasteiger partial charge is 0.405 e. The van der Waals surface area contributed by atoms with E-state index in [2.05, 4.69) is 5.32 Å². The molecule has 17 heavy (non-hydrogen) atoms. The quantitative estimate of drug-likeness (QED) is 0.873. The maximum Gasteiger partial charge on any atom is 0.405 e. The van der Waals surface area contributed by atoms with Crippen molar-refractivity contribution in [1.82, 2.24) is 0 Å². The molecule has 0 atom stereocenters. The molecule has 1 N–H and O–H groups in total. The largest absolute Gasteiger partial charge is 0.495 e. The fourth-order valence-corrected chi connectivity index (χ4v) is 1.41. The average molecular weight is 247 g/mol. The molecule has 1 aromatic carbocycles. The van der Waals surface area contributed by atoms with Crippen LogP contribution in [0.4, 0.5) is 18.9 Å². The third-order valence-corrected chi connectivity index (χ3v) is 2.37. The van der Waals surface area contributed by atoms with Crippen LogP contribution in [0.2, 0.25) is 0 Å². The van der Waals surface area contributed by atoms with Crippen molar-refractivity contribution in [3.63, 3.8) is 0 Å². The van der Waals surface area contributed by atoms with E-state index in [1.54, 1.807) is 18.2 Å². The Morgan fingerprint density at radius 1 is 1.29 bits per heavy atom. The third kappa shape index (κ3) is 4.17. The van der Waals surface area contributed by atoms with Gasteiger partial charge in [-0.25, -0.2) is 0 Å². The Balaban J connectivity index is 2.86. The van der Waals surface area contributed by atoms with Gasteiger partial charge in [-0.05, 0) is 23.6 Å². The molecule has 0 aliphatic heterocycles. The summed E-state index contributed by atoms with van der Waals surface area (Å²) in [5.74, 6) is 0.737. The molecule has 0 amide bonds. The van der Waals surface area contributed by atoms with Gasteiger partial charge in [0.25, 0.3) is 0 Å². The molecular weight excluding hydrogens is 231 g/mol. The zero-order valence-electron chi connectivity index (χ0n) is 10.1. The molecule has 1 aromatic rings. The summed E-state index contributed by atoms with van der Waals surface area (Å²) in [4.78, 5) is 0. The molecule has 1 rings (SSSR count). The van der Waals surface area contributed by atoms with Gasteiger partial charge in [0.05, 0.1) is 12.8 Å². The molecule has 0 aliphatic carbocycles. The van der Waals surface area contributed by atoms with E-state index in [1.807, 2.05) is 13.8 Å². The summed E-state index contributed by atoms with van der Waals surface area (Å²) in [6.45, 7) is 2.96. The van der Waals surface area contributed by atoms with Crippen LogP contribution in [0.25, 0.3) is 0 Å². The van der Waals surface area contributed by atoms with Crippen molar-refractivity contribution in [2.75, 3.05) is 19.0 Å². The number of halogens is 3. The number of benzene rings is 1. The minimum atomic E-state index is -4.23. The average Bonchev–Trinajstić information content (AvgIpc) is 2.24. The first-order valence-electron chi connectivity index (χ1n) is 5.32. The highest BCUT2D eigenvalue weighted by Gasteiger charge is 2.27. The molecule has 0 heterocycles. The Labute approximate surface area is 98.8 Å². The van der Waals surface area contributed by atoms with Crippen LogP contribution in [0.5, 0.6) is 5.75 Å². The van der Waals surface area contributed by atoms with Crippen molar-refractivity contribution in [2.45, 2.75) is 25.9 Å².